The maximum atomic E-state index is 10.8. The van der Waals surface area contributed by atoms with Crippen LogP contribution in [0.1, 0.15) is 20.3 Å². The van der Waals surface area contributed by atoms with Crippen LogP contribution in [0, 0.1) is 5.92 Å². The maximum absolute atomic E-state index is 10.8. The van der Waals surface area contributed by atoms with Crippen LogP contribution in [0.15, 0.2) is 0 Å². The lowest BCUT2D eigenvalue weighted by Gasteiger charge is -2.26. The molecule has 1 aliphatic heterocycles. The number of esters is 1. The van der Waals surface area contributed by atoms with E-state index >= 15 is 0 Å². The van der Waals surface area contributed by atoms with Crippen molar-refractivity contribution in [2.45, 2.75) is 32.0 Å². The van der Waals surface area contributed by atoms with Crippen LogP contribution < -0.4 is 0 Å². The SMILES string of the molecule is CC1OC(=O)CC1C(C)(O)C(=O)O. The van der Waals surface area contributed by atoms with Crippen LogP contribution in [0.2, 0.25) is 0 Å². The van der Waals surface area contributed by atoms with Crippen LogP contribution in [0.4, 0.5) is 0 Å². The van der Waals surface area contributed by atoms with Gasteiger partial charge in [-0.05, 0) is 13.8 Å². The molecule has 1 aliphatic rings. The molecule has 1 heterocycles. The smallest absolute Gasteiger partial charge is 0.335 e. The molecule has 1 rings (SSSR count). The molecule has 1 fully saturated rings. The van der Waals surface area contributed by atoms with Gasteiger partial charge in [0.25, 0.3) is 0 Å². The molecule has 3 atom stereocenters. The first-order chi connectivity index (χ1) is 5.85. The van der Waals surface area contributed by atoms with E-state index in [0.29, 0.717) is 0 Å². The van der Waals surface area contributed by atoms with E-state index < -0.39 is 29.6 Å². The monoisotopic (exact) mass is 188 g/mol. The van der Waals surface area contributed by atoms with Crippen molar-refractivity contribution in [1.29, 1.82) is 0 Å². The molecule has 0 bridgehead atoms. The number of aliphatic hydroxyl groups is 1. The summed E-state index contributed by atoms with van der Waals surface area (Å²) < 4.78 is 4.75. The van der Waals surface area contributed by atoms with Crippen LogP contribution in [0.25, 0.3) is 0 Å². The normalized spacial score (nSPS) is 32.4. The zero-order chi connectivity index (χ0) is 10.2. The Bertz CT molecular complexity index is 245. The van der Waals surface area contributed by atoms with Crippen molar-refractivity contribution in [3.05, 3.63) is 0 Å². The quantitative estimate of drug-likeness (QED) is 0.585. The number of carboxylic acid groups (broad SMARTS) is 1. The molecule has 0 saturated carbocycles. The molecular formula is C8H12O5. The Morgan fingerprint density at radius 2 is 2.23 bits per heavy atom. The lowest BCUT2D eigenvalue weighted by atomic mass is 9.84. The number of carbonyl (C=O) groups excluding carboxylic acids is 1. The lowest BCUT2D eigenvalue weighted by molar-refractivity contribution is -0.164. The van der Waals surface area contributed by atoms with Crippen LogP contribution in [0.3, 0.4) is 0 Å². The fourth-order valence-corrected chi connectivity index (χ4v) is 1.50. The molecule has 0 aliphatic carbocycles. The summed E-state index contributed by atoms with van der Waals surface area (Å²) in [4.78, 5) is 21.5. The first kappa shape index (κ1) is 9.98. The zero-order valence-electron chi connectivity index (χ0n) is 7.48. The molecule has 13 heavy (non-hydrogen) atoms. The first-order valence-electron chi connectivity index (χ1n) is 4.01. The number of ether oxygens (including phenoxy) is 1. The summed E-state index contributed by atoms with van der Waals surface area (Å²) in [5, 5.41) is 18.2. The second-order valence-electron chi connectivity index (χ2n) is 3.46. The van der Waals surface area contributed by atoms with Crippen LogP contribution >= 0.6 is 0 Å². The van der Waals surface area contributed by atoms with Crippen molar-refractivity contribution >= 4 is 11.9 Å². The van der Waals surface area contributed by atoms with Gasteiger partial charge in [-0.3, -0.25) is 4.79 Å². The highest BCUT2D eigenvalue weighted by atomic mass is 16.6. The van der Waals surface area contributed by atoms with E-state index in [2.05, 4.69) is 0 Å². The van der Waals surface area contributed by atoms with Crippen molar-refractivity contribution < 1.29 is 24.5 Å². The first-order valence-corrected chi connectivity index (χ1v) is 4.01. The van der Waals surface area contributed by atoms with Gasteiger partial charge in [0.15, 0.2) is 5.60 Å². The van der Waals surface area contributed by atoms with Gasteiger partial charge in [-0.25, -0.2) is 4.79 Å². The predicted molar refractivity (Wildman–Crippen MR) is 41.9 cm³/mol. The second-order valence-corrected chi connectivity index (χ2v) is 3.46. The summed E-state index contributed by atoms with van der Waals surface area (Å²) in [6, 6.07) is 0. The molecule has 0 aromatic rings. The van der Waals surface area contributed by atoms with Crippen LogP contribution in [-0.2, 0) is 14.3 Å². The molecule has 3 unspecified atom stereocenters. The summed E-state index contributed by atoms with van der Waals surface area (Å²) in [6.45, 7) is 2.76. The molecule has 0 spiro atoms. The number of aliphatic carboxylic acids is 1. The van der Waals surface area contributed by atoms with E-state index in [0.717, 1.165) is 0 Å². The van der Waals surface area contributed by atoms with Crippen molar-refractivity contribution in [2.75, 3.05) is 0 Å². The lowest BCUT2D eigenvalue weighted by Crippen LogP contribution is -2.45. The summed E-state index contributed by atoms with van der Waals surface area (Å²) in [7, 11) is 0. The third-order valence-electron chi connectivity index (χ3n) is 2.43. The van der Waals surface area contributed by atoms with Crippen molar-refractivity contribution in [3.63, 3.8) is 0 Å². The number of hydrogen-bond donors (Lipinski definition) is 2. The number of carboxylic acids is 1. The van der Waals surface area contributed by atoms with Crippen molar-refractivity contribution in [1.82, 2.24) is 0 Å². The van der Waals surface area contributed by atoms with E-state index in [1.807, 2.05) is 0 Å². The summed E-state index contributed by atoms with van der Waals surface area (Å²) >= 11 is 0. The number of cyclic esters (lactones) is 1. The largest absolute Gasteiger partial charge is 0.479 e. The highest BCUT2D eigenvalue weighted by Gasteiger charge is 2.48. The highest BCUT2D eigenvalue weighted by Crippen LogP contribution is 2.31. The summed E-state index contributed by atoms with van der Waals surface area (Å²) in [6.07, 6.45) is -0.584. The van der Waals surface area contributed by atoms with Gasteiger partial charge in [-0.15, -0.1) is 0 Å². The molecule has 5 nitrogen and oxygen atoms in total. The van der Waals surface area contributed by atoms with Crippen molar-refractivity contribution in [2.24, 2.45) is 5.92 Å². The third kappa shape index (κ3) is 1.65. The second kappa shape index (κ2) is 2.99. The fraction of sp³-hybridized carbons (Fsp3) is 0.750. The van der Waals surface area contributed by atoms with E-state index in [1.165, 1.54) is 6.92 Å². The average Bonchev–Trinajstić information content (AvgIpc) is 2.30. The molecule has 0 aromatic heterocycles. The van der Waals surface area contributed by atoms with Crippen molar-refractivity contribution in [3.8, 4) is 0 Å². The molecule has 0 aromatic carbocycles. The van der Waals surface area contributed by atoms with Gasteiger partial charge in [-0.1, -0.05) is 0 Å². The van der Waals surface area contributed by atoms with E-state index in [-0.39, 0.29) is 6.42 Å². The predicted octanol–water partition coefficient (Wildman–Crippen LogP) is -0.226. The Morgan fingerprint density at radius 3 is 2.54 bits per heavy atom. The molecule has 2 N–H and O–H groups in total. The summed E-state index contributed by atoms with van der Waals surface area (Å²) in [5.74, 6) is -2.46. The number of hydrogen-bond acceptors (Lipinski definition) is 4. The topological polar surface area (TPSA) is 83.8 Å². The van der Waals surface area contributed by atoms with Gasteiger partial charge < -0.3 is 14.9 Å². The molecule has 1 saturated heterocycles. The molecule has 5 heteroatoms. The van der Waals surface area contributed by atoms with Crippen LogP contribution in [0.5, 0.6) is 0 Å². The minimum Gasteiger partial charge on any atom is -0.479 e. The van der Waals surface area contributed by atoms with Gasteiger partial charge in [0.1, 0.15) is 6.10 Å². The Balaban J connectivity index is 2.83. The highest BCUT2D eigenvalue weighted by molar-refractivity contribution is 5.80. The Kier molecular flexibility index (Phi) is 2.30. The van der Waals surface area contributed by atoms with Gasteiger partial charge >= 0.3 is 11.9 Å². The molecular weight excluding hydrogens is 176 g/mol. The Morgan fingerprint density at radius 1 is 1.69 bits per heavy atom. The average molecular weight is 188 g/mol. The number of rotatable bonds is 2. The Labute approximate surface area is 75.3 Å². The molecule has 0 radical (unpaired) electrons. The van der Waals surface area contributed by atoms with Crippen LogP contribution in [-0.4, -0.2) is 33.9 Å². The van der Waals surface area contributed by atoms with Gasteiger partial charge in [0, 0.05) is 5.92 Å². The number of carbonyl (C=O) groups is 2. The standard InChI is InChI=1S/C8H12O5/c1-4-5(3-6(9)13-4)8(2,12)7(10)11/h4-5,12H,3H2,1-2H3,(H,10,11). The molecule has 74 valence electrons. The van der Waals surface area contributed by atoms with Gasteiger partial charge in [0.05, 0.1) is 6.42 Å². The van der Waals surface area contributed by atoms with E-state index in [1.54, 1.807) is 6.92 Å². The minimum atomic E-state index is -1.90. The van der Waals surface area contributed by atoms with E-state index in [9.17, 15) is 14.7 Å². The van der Waals surface area contributed by atoms with Gasteiger partial charge in [-0.2, -0.15) is 0 Å². The third-order valence-corrected chi connectivity index (χ3v) is 2.43. The maximum Gasteiger partial charge on any atom is 0.335 e. The minimum absolute atomic E-state index is 0.0412. The zero-order valence-corrected chi connectivity index (χ0v) is 7.48. The van der Waals surface area contributed by atoms with E-state index in [4.69, 9.17) is 9.84 Å². The Hall–Kier alpha value is -1.10. The fourth-order valence-electron chi connectivity index (χ4n) is 1.50. The van der Waals surface area contributed by atoms with Gasteiger partial charge in [0.2, 0.25) is 0 Å². The molecule has 0 amide bonds. The summed E-state index contributed by atoms with van der Waals surface area (Å²) in [5.41, 5.74) is -1.90.